The van der Waals surface area contributed by atoms with E-state index in [1.165, 1.54) is 0 Å². The zero-order chi connectivity index (χ0) is 30.3. The van der Waals surface area contributed by atoms with E-state index in [1.54, 1.807) is 0 Å². The van der Waals surface area contributed by atoms with E-state index in [-0.39, 0.29) is 11.8 Å². The Bertz CT molecular complexity index is 1180. The van der Waals surface area contributed by atoms with E-state index in [0.717, 1.165) is 68.7 Å². The third-order valence-corrected chi connectivity index (χ3v) is 7.65. The number of rotatable bonds is 9. The number of hydrogen-bond donors (Lipinski definition) is 2. The first-order chi connectivity index (χ1) is 19.3. The molecule has 1 fully saturated rings. The summed E-state index contributed by atoms with van der Waals surface area (Å²) in [6.45, 7) is 9.73. The van der Waals surface area contributed by atoms with Crippen molar-refractivity contribution < 1.29 is 33.0 Å². The predicted molar refractivity (Wildman–Crippen MR) is 151 cm³/mol. The fourth-order valence-electron chi connectivity index (χ4n) is 5.49. The summed E-state index contributed by atoms with van der Waals surface area (Å²) in [5.74, 6) is -1.52. The number of halogens is 3. The van der Waals surface area contributed by atoms with Crippen molar-refractivity contribution in [1.82, 2.24) is 9.80 Å². The second kappa shape index (κ2) is 13.6. The van der Waals surface area contributed by atoms with Gasteiger partial charge in [0.1, 0.15) is 5.84 Å². The van der Waals surface area contributed by atoms with Crippen LogP contribution in [0.2, 0.25) is 0 Å². The van der Waals surface area contributed by atoms with Gasteiger partial charge < -0.3 is 15.1 Å². The molecule has 2 N–H and O–H groups in total. The molecule has 0 aromatic heterocycles. The van der Waals surface area contributed by atoms with Crippen molar-refractivity contribution in [3.05, 3.63) is 71.8 Å². The molecular weight excluding hydrogens is 535 g/mol. The Hall–Kier alpha value is -3.24. The molecule has 10 heteroatoms. The molecule has 1 atom stereocenters. The number of likely N-dealkylation sites (tertiary alicyclic amines) is 1. The fourth-order valence-corrected chi connectivity index (χ4v) is 5.49. The van der Waals surface area contributed by atoms with Crippen molar-refractivity contribution in [2.45, 2.75) is 70.2 Å². The lowest BCUT2D eigenvalue weighted by molar-refractivity contribution is -0.192. The molecule has 2 aromatic carbocycles. The summed E-state index contributed by atoms with van der Waals surface area (Å²) in [6.07, 6.45) is -1.07. The number of alkyl halides is 3. The van der Waals surface area contributed by atoms with Gasteiger partial charge in [0.05, 0.1) is 5.60 Å². The number of amides is 1. The molecule has 4 rings (SSSR count). The van der Waals surface area contributed by atoms with Gasteiger partial charge in [0.25, 0.3) is 5.91 Å². The van der Waals surface area contributed by atoms with E-state index in [2.05, 4.69) is 25.7 Å². The largest absolute Gasteiger partial charge is 0.490 e. The number of aliphatic hydroxyl groups is 1. The first kappa shape index (κ1) is 32.3. The van der Waals surface area contributed by atoms with Gasteiger partial charge >= 0.3 is 12.1 Å². The molecule has 1 amide bonds. The van der Waals surface area contributed by atoms with E-state index >= 15 is 0 Å². The Balaban J connectivity index is 0.000000587. The average molecular weight is 576 g/mol. The number of hydrogen-bond acceptors (Lipinski definition) is 5. The van der Waals surface area contributed by atoms with Crippen molar-refractivity contribution in [3.63, 3.8) is 0 Å². The average Bonchev–Trinajstić information content (AvgIpc) is 3.23. The third-order valence-electron chi connectivity index (χ3n) is 7.65. The molecule has 2 aromatic rings. The molecule has 2 heterocycles. The molecule has 7 nitrogen and oxygen atoms in total. The lowest BCUT2D eigenvalue weighted by Gasteiger charge is -2.38. The smallest absolute Gasteiger partial charge is 0.475 e. The van der Waals surface area contributed by atoms with Crippen LogP contribution in [0.4, 0.5) is 13.2 Å². The number of carbonyl (C=O) groups is 2. The zero-order valence-corrected chi connectivity index (χ0v) is 23.9. The molecule has 224 valence electrons. The van der Waals surface area contributed by atoms with Gasteiger partial charge in [-0.05, 0) is 43.4 Å². The van der Waals surface area contributed by atoms with Crippen molar-refractivity contribution in [2.24, 2.45) is 10.9 Å². The SMILES string of the molecule is CCCC1(c2ccccc2)N=C(C(C)C)N(CCCN2CCC(O)(c3ccccc3)CC2)C1=O.O=C(O)C(F)(F)F. The number of aliphatic carboxylic acids is 1. The Morgan fingerprint density at radius 2 is 1.49 bits per heavy atom. The lowest BCUT2D eigenvalue weighted by atomic mass is 9.84. The summed E-state index contributed by atoms with van der Waals surface area (Å²) < 4.78 is 31.7. The first-order valence-corrected chi connectivity index (χ1v) is 14.1. The highest BCUT2D eigenvalue weighted by Gasteiger charge is 2.49. The standard InChI is InChI=1S/C29H39N3O2.C2HF3O2/c1-4-16-29(25-14-9-6-10-15-25)27(33)32(26(30-29)23(2)3)20-11-19-31-21-17-28(34,18-22-31)24-12-7-5-8-13-24;3-2(4,5)1(6)7/h5-10,12-15,23,34H,4,11,16-22H2,1-3H3;(H,6,7). The zero-order valence-electron chi connectivity index (χ0n) is 23.9. The van der Waals surface area contributed by atoms with Gasteiger partial charge in [-0.1, -0.05) is 87.9 Å². The van der Waals surface area contributed by atoms with Gasteiger partial charge in [0, 0.05) is 25.6 Å². The fraction of sp³-hybridized carbons (Fsp3) is 0.516. The van der Waals surface area contributed by atoms with Gasteiger partial charge in [-0.2, -0.15) is 13.2 Å². The van der Waals surface area contributed by atoms with Crippen molar-refractivity contribution in [2.75, 3.05) is 26.2 Å². The number of carboxylic acids is 1. The summed E-state index contributed by atoms with van der Waals surface area (Å²) in [5, 5.41) is 18.2. The Kier molecular flexibility index (Phi) is 10.7. The van der Waals surface area contributed by atoms with Gasteiger partial charge in [-0.25, -0.2) is 4.79 Å². The number of carboxylic acid groups (broad SMARTS) is 1. The highest BCUT2D eigenvalue weighted by Crippen LogP contribution is 2.39. The molecule has 0 saturated carbocycles. The number of carbonyl (C=O) groups excluding carboxylic acids is 1. The maximum absolute atomic E-state index is 13.8. The maximum atomic E-state index is 13.8. The van der Waals surface area contributed by atoms with Crippen LogP contribution in [0.15, 0.2) is 65.7 Å². The predicted octanol–water partition coefficient (Wildman–Crippen LogP) is 5.59. The van der Waals surface area contributed by atoms with E-state index in [1.807, 2.05) is 65.6 Å². The van der Waals surface area contributed by atoms with Crippen LogP contribution in [0, 0.1) is 5.92 Å². The van der Waals surface area contributed by atoms with Crippen LogP contribution in [0.3, 0.4) is 0 Å². The number of benzene rings is 2. The van der Waals surface area contributed by atoms with Crippen LogP contribution >= 0.6 is 0 Å². The van der Waals surface area contributed by atoms with Crippen LogP contribution < -0.4 is 0 Å². The molecular formula is C31H40F3N3O4. The Labute approximate surface area is 239 Å². The molecule has 0 spiro atoms. The number of aliphatic imine (C=N–C) groups is 1. The molecule has 0 aliphatic carbocycles. The van der Waals surface area contributed by atoms with Gasteiger partial charge in [0.2, 0.25) is 0 Å². The number of amidine groups is 1. The van der Waals surface area contributed by atoms with E-state index in [9.17, 15) is 23.1 Å². The van der Waals surface area contributed by atoms with Gasteiger partial charge in [-0.3, -0.25) is 14.7 Å². The summed E-state index contributed by atoms with van der Waals surface area (Å²) in [4.78, 5) is 32.2. The third kappa shape index (κ3) is 7.74. The number of nitrogens with zero attached hydrogens (tertiary/aromatic N) is 3. The monoisotopic (exact) mass is 575 g/mol. The topological polar surface area (TPSA) is 93.4 Å². The number of piperidine rings is 1. The molecule has 0 radical (unpaired) electrons. The van der Waals surface area contributed by atoms with Crippen LogP contribution in [0.1, 0.15) is 64.0 Å². The van der Waals surface area contributed by atoms with E-state index < -0.39 is 23.3 Å². The summed E-state index contributed by atoms with van der Waals surface area (Å²) >= 11 is 0. The van der Waals surface area contributed by atoms with Crippen molar-refractivity contribution >= 4 is 17.7 Å². The highest BCUT2D eigenvalue weighted by atomic mass is 19.4. The maximum Gasteiger partial charge on any atom is 0.490 e. The van der Waals surface area contributed by atoms with E-state index in [0.29, 0.717) is 6.54 Å². The second-order valence-electron chi connectivity index (χ2n) is 11.0. The van der Waals surface area contributed by atoms with Gasteiger partial charge in [0.15, 0.2) is 5.54 Å². The minimum Gasteiger partial charge on any atom is -0.475 e. The lowest BCUT2D eigenvalue weighted by Crippen LogP contribution is -2.45. The Morgan fingerprint density at radius 3 is 1.95 bits per heavy atom. The van der Waals surface area contributed by atoms with Crippen LogP contribution in [0.5, 0.6) is 0 Å². The Morgan fingerprint density at radius 1 is 0.976 bits per heavy atom. The molecule has 1 saturated heterocycles. The van der Waals surface area contributed by atoms with Crippen molar-refractivity contribution in [1.29, 1.82) is 0 Å². The second-order valence-corrected chi connectivity index (χ2v) is 11.0. The first-order valence-electron chi connectivity index (χ1n) is 14.1. The van der Waals surface area contributed by atoms with E-state index in [4.69, 9.17) is 14.9 Å². The van der Waals surface area contributed by atoms with Crippen molar-refractivity contribution in [3.8, 4) is 0 Å². The molecule has 0 bridgehead atoms. The summed E-state index contributed by atoms with van der Waals surface area (Å²) in [7, 11) is 0. The summed E-state index contributed by atoms with van der Waals surface area (Å²) in [5.41, 5.74) is 0.504. The minimum absolute atomic E-state index is 0.126. The molecule has 2 aliphatic rings. The molecule has 2 aliphatic heterocycles. The van der Waals surface area contributed by atoms with Crippen LogP contribution in [-0.4, -0.2) is 70.1 Å². The molecule has 1 unspecified atom stereocenters. The van der Waals surface area contributed by atoms with Crippen LogP contribution in [0.25, 0.3) is 0 Å². The van der Waals surface area contributed by atoms with Crippen LogP contribution in [-0.2, 0) is 20.7 Å². The van der Waals surface area contributed by atoms with Gasteiger partial charge in [-0.15, -0.1) is 0 Å². The summed E-state index contributed by atoms with van der Waals surface area (Å²) in [6, 6.07) is 20.1. The minimum atomic E-state index is -5.08. The highest BCUT2D eigenvalue weighted by molar-refractivity contribution is 6.09. The molecule has 41 heavy (non-hydrogen) atoms. The quantitative estimate of drug-likeness (QED) is 0.407. The normalized spacial score (nSPS) is 20.9.